The minimum absolute atomic E-state index is 0.0247. The second-order valence-corrected chi connectivity index (χ2v) is 8.69. The molecule has 0 saturated carbocycles. The third-order valence-corrected chi connectivity index (χ3v) is 6.05. The molecule has 0 unspecified atom stereocenters. The summed E-state index contributed by atoms with van der Waals surface area (Å²) in [6.45, 7) is 3.70. The molecule has 0 aliphatic carbocycles. The molecule has 0 bridgehead atoms. The van der Waals surface area contributed by atoms with Crippen LogP contribution in [-0.4, -0.2) is 27.8 Å². The highest BCUT2D eigenvalue weighted by molar-refractivity contribution is 6.55. The predicted molar refractivity (Wildman–Crippen MR) is 134 cm³/mol. The van der Waals surface area contributed by atoms with Gasteiger partial charge in [0.2, 0.25) is 0 Å². The molecule has 1 aliphatic rings. The highest BCUT2D eigenvalue weighted by Gasteiger charge is 2.39. The number of phenolic OH excluding ortho intramolecular Hbond substituents is 1. The third-order valence-electron chi connectivity index (χ3n) is 5.78. The van der Waals surface area contributed by atoms with Crippen molar-refractivity contribution in [2.24, 2.45) is 5.10 Å². The molecule has 3 aromatic rings. The second-order valence-electron chi connectivity index (χ2n) is 8.29. The molecule has 3 N–H and O–H groups in total. The zero-order valence-electron chi connectivity index (χ0n) is 19.4. The number of nitrogens with one attached hydrogen (secondary N) is 1. The number of aliphatic carboxylic acids is 1. The Kier molecular flexibility index (Phi) is 6.70. The van der Waals surface area contributed by atoms with Crippen LogP contribution in [0.3, 0.4) is 0 Å². The molecule has 0 saturated heterocycles. The van der Waals surface area contributed by atoms with Crippen molar-refractivity contribution in [3.8, 4) is 5.75 Å². The van der Waals surface area contributed by atoms with Crippen LogP contribution in [0.1, 0.15) is 27.8 Å². The third kappa shape index (κ3) is 5.14. The molecule has 0 radical (unpaired) electrons. The van der Waals surface area contributed by atoms with Crippen molar-refractivity contribution in [2.75, 3.05) is 10.3 Å². The molecular weight excluding hydrogens is 511 g/mol. The molecule has 0 fully saturated rings. The molecule has 1 heterocycles. The van der Waals surface area contributed by atoms with Crippen molar-refractivity contribution < 1.29 is 33.0 Å². The number of fused-ring (bicyclic) bond motifs is 1. The number of carboxylic acid groups (broad SMARTS) is 1. The Morgan fingerprint density at radius 2 is 1.78 bits per heavy atom. The topological polar surface area (TPSA) is 102 Å². The van der Waals surface area contributed by atoms with E-state index in [2.05, 4.69) is 10.5 Å². The first kappa shape index (κ1) is 25.8. The summed E-state index contributed by atoms with van der Waals surface area (Å²) < 4.78 is 40.3. The number of carbonyl (C=O) groups is 2. The van der Waals surface area contributed by atoms with Gasteiger partial charge in [0.05, 0.1) is 16.9 Å². The highest BCUT2D eigenvalue weighted by Crippen LogP contribution is 2.40. The van der Waals surface area contributed by atoms with Crippen molar-refractivity contribution in [3.05, 3.63) is 87.4 Å². The van der Waals surface area contributed by atoms with Crippen LogP contribution in [0.2, 0.25) is 0 Å². The number of carbonyl (C=O) groups excluding carboxylic acids is 1. The molecule has 11 heteroatoms. The van der Waals surface area contributed by atoms with Gasteiger partial charge in [-0.2, -0.15) is 18.3 Å². The molecule has 1 aliphatic heterocycles. The maximum atomic E-state index is 13.4. The number of phenols is 1. The lowest BCUT2D eigenvalue weighted by Gasteiger charge is -2.19. The van der Waals surface area contributed by atoms with Gasteiger partial charge in [0.1, 0.15) is 10.8 Å². The van der Waals surface area contributed by atoms with Crippen LogP contribution in [0, 0.1) is 13.8 Å². The van der Waals surface area contributed by atoms with E-state index in [9.17, 15) is 27.9 Å². The number of aryl methyl sites for hydroxylation is 2. The van der Waals surface area contributed by atoms with Gasteiger partial charge in [-0.15, -0.1) is 0 Å². The van der Waals surface area contributed by atoms with Gasteiger partial charge in [-0.3, -0.25) is 15.1 Å². The first-order valence-electron chi connectivity index (χ1n) is 10.8. The Hall–Kier alpha value is -4.31. The number of nitrogens with zero attached hydrogens (tertiary/aromatic N) is 2. The quantitative estimate of drug-likeness (QED) is 0.208. The zero-order chi connectivity index (χ0) is 27.1. The van der Waals surface area contributed by atoms with Crippen molar-refractivity contribution in [2.45, 2.75) is 20.0 Å². The molecule has 0 atom stereocenters. The maximum Gasteiger partial charge on any atom is 0.416 e. The summed E-state index contributed by atoms with van der Waals surface area (Å²) >= 11 is 5.61. The lowest BCUT2D eigenvalue weighted by atomic mass is 10.1. The van der Waals surface area contributed by atoms with Crippen LogP contribution >= 0.6 is 11.6 Å². The Labute approximate surface area is 214 Å². The number of hydrogen-bond acceptors (Lipinski definition) is 5. The van der Waals surface area contributed by atoms with Gasteiger partial charge in [-0.25, -0.2) is 4.79 Å². The molecule has 7 nitrogen and oxygen atoms in total. The summed E-state index contributed by atoms with van der Waals surface area (Å²) in [6.07, 6.45) is -3.48. The van der Waals surface area contributed by atoms with E-state index in [1.807, 2.05) is 13.8 Å². The van der Waals surface area contributed by atoms with Gasteiger partial charge in [-0.1, -0.05) is 23.7 Å². The van der Waals surface area contributed by atoms with E-state index in [0.29, 0.717) is 11.3 Å². The molecule has 37 heavy (non-hydrogen) atoms. The Balaban J connectivity index is 1.75. The van der Waals surface area contributed by atoms with Crippen LogP contribution in [-0.2, 0) is 15.8 Å². The fourth-order valence-corrected chi connectivity index (χ4v) is 3.84. The summed E-state index contributed by atoms with van der Waals surface area (Å²) in [7, 11) is 0. The van der Waals surface area contributed by atoms with Crippen LogP contribution in [0.15, 0.2) is 64.7 Å². The van der Waals surface area contributed by atoms with E-state index in [4.69, 9.17) is 16.7 Å². The largest absolute Gasteiger partial charge is 0.506 e. The van der Waals surface area contributed by atoms with Crippen LogP contribution in [0.5, 0.6) is 5.75 Å². The first-order valence-corrected chi connectivity index (χ1v) is 11.1. The first-order chi connectivity index (χ1) is 17.4. The number of alkyl halides is 3. The average molecular weight is 530 g/mol. The summed E-state index contributed by atoms with van der Waals surface area (Å²) in [4.78, 5) is 25.5. The fourth-order valence-electron chi connectivity index (χ4n) is 3.71. The molecule has 0 aromatic heterocycles. The summed E-state index contributed by atoms with van der Waals surface area (Å²) in [6, 6.07) is 12.1. The van der Waals surface area contributed by atoms with Crippen molar-refractivity contribution in [3.63, 3.8) is 0 Å². The normalized spacial score (nSPS) is 14.8. The van der Waals surface area contributed by atoms with Crippen molar-refractivity contribution in [1.82, 2.24) is 0 Å². The molecule has 4 rings (SSSR count). The lowest BCUT2D eigenvalue weighted by molar-refractivity contribution is -0.137. The van der Waals surface area contributed by atoms with Crippen molar-refractivity contribution in [1.29, 1.82) is 0 Å². The van der Waals surface area contributed by atoms with Gasteiger partial charge in [-0.05, 0) is 79.1 Å². The SMILES string of the molecule is Cc1ccc(N2C(=O)/C(=N\Nc3ccc(/C=C(\Cl)C(=O)O)cc3O)c3ccc(C(F)(F)F)cc32)cc1C. The Morgan fingerprint density at radius 1 is 1.05 bits per heavy atom. The van der Waals surface area contributed by atoms with E-state index in [1.54, 1.807) is 18.2 Å². The van der Waals surface area contributed by atoms with E-state index < -0.39 is 28.6 Å². The molecule has 3 aromatic carbocycles. The number of aromatic hydroxyl groups is 1. The maximum absolute atomic E-state index is 13.4. The zero-order valence-corrected chi connectivity index (χ0v) is 20.1. The van der Waals surface area contributed by atoms with Gasteiger partial charge in [0, 0.05) is 11.3 Å². The van der Waals surface area contributed by atoms with Gasteiger partial charge in [0.25, 0.3) is 5.91 Å². The molecule has 190 valence electrons. The number of anilines is 3. The Morgan fingerprint density at radius 3 is 2.41 bits per heavy atom. The molecular formula is C26H19ClF3N3O4. The fraction of sp³-hybridized carbons (Fsp3) is 0.115. The van der Waals surface area contributed by atoms with Gasteiger partial charge >= 0.3 is 12.1 Å². The average Bonchev–Trinajstić information content (AvgIpc) is 3.10. The monoisotopic (exact) mass is 529 g/mol. The predicted octanol–water partition coefficient (Wildman–Crippen LogP) is 6.19. The second kappa shape index (κ2) is 9.62. The van der Waals surface area contributed by atoms with Gasteiger partial charge < -0.3 is 10.2 Å². The smallest absolute Gasteiger partial charge is 0.416 e. The number of rotatable bonds is 5. The number of hydrazone groups is 1. The Bertz CT molecular complexity index is 1500. The lowest BCUT2D eigenvalue weighted by Crippen LogP contribution is -2.26. The number of benzene rings is 3. The van der Waals surface area contributed by atoms with E-state index in [1.165, 1.54) is 29.2 Å². The molecule has 1 amide bonds. The number of halogens is 4. The summed E-state index contributed by atoms with van der Waals surface area (Å²) in [5.74, 6) is -2.32. The van der Waals surface area contributed by atoms with Gasteiger partial charge in [0.15, 0.2) is 5.71 Å². The van der Waals surface area contributed by atoms with Crippen LogP contribution < -0.4 is 10.3 Å². The minimum atomic E-state index is -4.61. The van der Waals surface area contributed by atoms with Crippen molar-refractivity contribution >= 4 is 52.3 Å². The van der Waals surface area contributed by atoms with E-state index in [0.717, 1.165) is 29.3 Å². The van der Waals surface area contributed by atoms with E-state index >= 15 is 0 Å². The molecule has 0 spiro atoms. The number of carboxylic acids is 1. The van der Waals surface area contributed by atoms with Crippen LogP contribution in [0.25, 0.3) is 6.08 Å². The van der Waals surface area contributed by atoms with E-state index in [-0.39, 0.29) is 28.4 Å². The van der Waals surface area contributed by atoms with Crippen LogP contribution in [0.4, 0.5) is 30.2 Å². The number of amides is 1. The minimum Gasteiger partial charge on any atom is -0.506 e. The highest BCUT2D eigenvalue weighted by atomic mass is 35.5. The standard InChI is InChI=1S/C26H19ClF3N3O4/c1-13-3-6-17(9-14(13)2)33-21-12-16(26(28,29)30)5-7-18(21)23(24(33)35)32-31-20-8-4-15(11-22(20)34)10-19(27)25(36)37/h3-12,31,34H,1-2H3,(H,36,37)/b19-10-,32-23-. The summed E-state index contributed by atoms with van der Waals surface area (Å²) in [5.41, 5.74) is 4.25. The summed E-state index contributed by atoms with van der Waals surface area (Å²) in [5, 5.41) is 22.8. The number of hydrogen-bond donors (Lipinski definition) is 3.